The molecule has 5 aromatic carbocycles. The molecule has 0 unspecified atom stereocenters. The SMILES string of the molecule is CC(C)N1[C@H](c2ccccc2)[C@@H](c2ccccc2)N(C(C)C)P1(=O)N[C@@H](c1ccccc1Br)[C@@H](N=C(c1ccccc1)c1ccccc1NC(=O)c1ccccn1)C(=O)O. The topological polar surface area (TPSA) is 127 Å². The second-order valence-corrected chi connectivity index (χ2v) is 18.3. The van der Waals surface area contributed by atoms with Crippen LogP contribution in [0, 0.1) is 0 Å². The highest BCUT2D eigenvalue weighted by Gasteiger charge is 2.59. The van der Waals surface area contributed by atoms with Gasteiger partial charge in [-0.1, -0.05) is 149 Å². The van der Waals surface area contributed by atoms with E-state index in [4.69, 9.17) is 4.99 Å². The van der Waals surface area contributed by atoms with Crippen LogP contribution in [0.4, 0.5) is 5.69 Å². The van der Waals surface area contributed by atoms with Crippen molar-refractivity contribution in [1.82, 2.24) is 19.4 Å². The number of aromatic nitrogens is 1. The van der Waals surface area contributed by atoms with Crippen molar-refractivity contribution >= 4 is 46.8 Å². The van der Waals surface area contributed by atoms with Gasteiger partial charge in [0.05, 0.1) is 29.5 Å². The Hall–Kier alpha value is -5.55. The van der Waals surface area contributed by atoms with E-state index in [1.54, 1.807) is 42.6 Å². The molecule has 0 saturated carbocycles. The first-order valence-corrected chi connectivity index (χ1v) is 22.4. The number of carbonyl (C=O) groups is 2. The number of nitrogens with one attached hydrogen (secondary N) is 2. The summed E-state index contributed by atoms with van der Waals surface area (Å²) in [6.45, 7) is 8.11. The number of pyridine rings is 1. The number of halogens is 1. The maximum Gasteiger partial charge on any atom is 0.330 e. The highest BCUT2D eigenvalue weighted by Crippen LogP contribution is 2.70. The van der Waals surface area contributed by atoms with E-state index in [9.17, 15) is 14.7 Å². The number of rotatable bonds is 14. The third-order valence-electron chi connectivity index (χ3n) is 10.6. The number of para-hydroxylation sites is 1. The van der Waals surface area contributed by atoms with Gasteiger partial charge in [-0.15, -0.1) is 0 Å². The van der Waals surface area contributed by atoms with Crippen LogP contribution in [0.25, 0.3) is 0 Å². The molecule has 0 aliphatic carbocycles. The molecule has 10 nitrogen and oxygen atoms in total. The number of nitrogens with zero attached hydrogens (tertiary/aromatic N) is 4. The number of aliphatic imine (C=N–C) groups is 1. The van der Waals surface area contributed by atoms with Crippen LogP contribution in [0.5, 0.6) is 0 Å². The smallest absolute Gasteiger partial charge is 0.330 e. The molecule has 0 radical (unpaired) electrons. The van der Waals surface area contributed by atoms with E-state index in [-0.39, 0.29) is 29.9 Å². The maximum absolute atomic E-state index is 16.7. The average Bonchev–Trinajstić information content (AvgIpc) is 3.54. The van der Waals surface area contributed by atoms with E-state index in [0.717, 1.165) is 11.1 Å². The molecule has 1 aromatic heterocycles. The average molecular weight is 884 g/mol. The fourth-order valence-electron chi connectivity index (χ4n) is 8.13. The van der Waals surface area contributed by atoms with Gasteiger partial charge in [0.15, 0.2) is 6.04 Å². The monoisotopic (exact) mass is 882 g/mol. The van der Waals surface area contributed by atoms with E-state index < -0.39 is 31.6 Å². The second kappa shape index (κ2) is 18.8. The fraction of sp³-hybridized carbons (Fsp3) is 0.208. The van der Waals surface area contributed by atoms with Gasteiger partial charge in [0.1, 0.15) is 5.69 Å². The van der Waals surface area contributed by atoms with Gasteiger partial charge in [0.25, 0.3) is 13.5 Å². The summed E-state index contributed by atoms with van der Waals surface area (Å²) in [6.07, 6.45) is 1.55. The highest BCUT2D eigenvalue weighted by molar-refractivity contribution is 9.10. The number of carboxylic acid groups (broad SMARTS) is 1. The Labute approximate surface area is 360 Å². The molecular weight excluding hydrogens is 835 g/mol. The summed E-state index contributed by atoms with van der Waals surface area (Å²) in [5.41, 5.74) is 4.65. The Kier molecular flexibility index (Phi) is 13.3. The van der Waals surface area contributed by atoms with Crippen molar-refractivity contribution in [3.8, 4) is 0 Å². The molecule has 60 heavy (non-hydrogen) atoms. The van der Waals surface area contributed by atoms with Crippen molar-refractivity contribution in [3.05, 3.63) is 202 Å². The number of hydrogen-bond donors (Lipinski definition) is 3. The van der Waals surface area contributed by atoms with Crippen molar-refractivity contribution < 1.29 is 19.3 Å². The zero-order valence-corrected chi connectivity index (χ0v) is 36.3. The van der Waals surface area contributed by atoms with Gasteiger partial charge in [0.2, 0.25) is 0 Å². The van der Waals surface area contributed by atoms with E-state index in [0.29, 0.717) is 32.6 Å². The number of carboxylic acids is 1. The van der Waals surface area contributed by atoms with Gasteiger partial charge >= 0.3 is 5.97 Å². The van der Waals surface area contributed by atoms with E-state index in [2.05, 4.69) is 55.6 Å². The number of amides is 1. The molecule has 1 aliphatic heterocycles. The van der Waals surface area contributed by atoms with Crippen molar-refractivity contribution in [2.75, 3.05) is 5.32 Å². The fourth-order valence-corrected chi connectivity index (χ4v) is 12.3. The molecule has 1 fully saturated rings. The Morgan fingerprint density at radius 1 is 0.700 bits per heavy atom. The Morgan fingerprint density at radius 2 is 1.22 bits per heavy atom. The Morgan fingerprint density at radius 3 is 1.75 bits per heavy atom. The van der Waals surface area contributed by atoms with E-state index >= 15 is 4.57 Å². The molecule has 0 spiro atoms. The molecule has 12 heteroatoms. The minimum absolute atomic E-state index is 0.223. The molecule has 6 aromatic rings. The predicted molar refractivity (Wildman–Crippen MR) is 242 cm³/mol. The zero-order chi connectivity index (χ0) is 42.4. The van der Waals surface area contributed by atoms with Gasteiger partial charge in [-0.25, -0.2) is 19.2 Å². The molecule has 7 rings (SSSR count). The standard InChI is InChI=1S/C48H48BrN6O4P/c1-32(2)54-45(35-22-10-6-11-23-35)46(36-24-12-7-13-25-36)55(33(3)4)60(54,59)53-43(37-26-14-16-28-39(37)49)44(48(57)58)52-42(34-20-8-5-9-21-34)38-27-15-17-29-40(38)51-47(56)41-30-18-19-31-50-41/h5-33,43-46H,1-4H3,(H,51,56)(H,53,59)(H,57,58)/t43-,44+,45+,46+/m0/s1. The zero-order valence-electron chi connectivity index (χ0n) is 33.8. The van der Waals surface area contributed by atoms with Crippen LogP contribution in [-0.2, 0) is 9.36 Å². The quantitative estimate of drug-likeness (QED) is 0.0729. The number of carbonyl (C=O) groups excluding carboxylic acids is 1. The lowest BCUT2D eigenvalue weighted by Gasteiger charge is -2.39. The molecule has 0 bridgehead atoms. The summed E-state index contributed by atoms with van der Waals surface area (Å²) in [5, 5.41) is 18.0. The van der Waals surface area contributed by atoms with Gasteiger partial charge in [-0.2, -0.15) is 0 Å². The molecule has 4 atom stereocenters. The molecule has 2 heterocycles. The lowest BCUT2D eigenvalue weighted by molar-refractivity contribution is -0.139. The predicted octanol–water partition coefficient (Wildman–Crippen LogP) is 10.7. The first-order valence-electron chi connectivity index (χ1n) is 20.0. The van der Waals surface area contributed by atoms with Gasteiger partial charge in [0, 0.05) is 33.9 Å². The van der Waals surface area contributed by atoms with Crippen molar-refractivity contribution in [2.24, 2.45) is 4.99 Å². The number of aliphatic carboxylic acids is 1. The lowest BCUT2D eigenvalue weighted by Crippen LogP contribution is -2.43. The Balaban J connectivity index is 1.44. The summed E-state index contributed by atoms with van der Waals surface area (Å²) >= 11 is 3.73. The van der Waals surface area contributed by atoms with Crippen LogP contribution >= 0.6 is 23.5 Å². The summed E-state index contributed by atoms with van der Waals surface area (Å²) in [4.78, 5) is 36.8. The van der Waals surface area contributed by atoms with E-state index in [1.165, 1.54) is 0 Å². The van der Waals surface area contributed by atoms with Crippen LogP contribution < -0.4 is 10.4 Å². The van der Waals surface area contributed by atoms with E-state index in [1.807, 2.05) is 134 Å². The molecule has 1 saturated heterocycles. The molecule has 306 valence electrons. The highest BCUT2D eigenvalue weighted by atomic mass is 79.9. The van der Waals surface area contributed by atoms with Crippen molar-refractivity contribution in [1.29, 1.82) is 0 Å². The maximum atomic E-state index is 16.7. The van der Waals surface area contributed by atoms with Crippen LogP contribution in [0.15, 0.2) is 173 Å². The summed E-state index contributed by atoms with van der Waals surface area (Å²) < 4.78 is 21.4. The molecule has 3 N–H and O–H groups in total. The first kappa shape index (κ1) is 42.6. The summed E-state index contributed by atoms with van der Waals surface area (Å²) in [7, 11) is -3.93. The van der Waals surface area contributed by atoms with Gasteiger partial charge in [-0.3, -0.25) is 19.3 Å². The molecule has 1 aliphatic rings. The summed E-state index contributed by atoms with van der Waals surface area (Å²) in [6, 6.07) is 45.2. The third kappa shape index (κ3) is 8.82. The normalized spacial score (nSPS) is 18.0. The van der Waals surface area contributed by atoms with Gasteiger partial charge < -0.3 is 10.4 Å². The van der Waals surface area contributed by atoms with Crippen molar-refractivity contribution in [2.45, 2.75) is 63.9 Å². The van der Waals surface area contributed by atoms with Gasteiger partial charge in [-0.05, 0) is 68.7 Å². The minimum Gasteiger partial charge on any atom is -0.480 e. The minimum atomic E-state index is -3.93. The number of benzene rings is 5. The lowest BCUT2D eigenvalue weighted by atomic mass is 9.92. The second-order valence-electron chi connectivity index (χ2n) is 15.2. The number of anilines is 1. The molecular formula is C48H48BrN6O4P. The third-order valence-corrected chi connectivity index (χ3v) is 14.6. The van der Waals surface area contributed by atoms with Crippen LogP contribution in [-0.4, -0.2) is 55.1 Å². The molecule has 1 amide bonds. The van der Waals surface area contributed by atoms with Crippen LogP contribution in [0.2, 0.25) is 0 Å². The largest absolute Gasteiger partial charge is 0.480 e. The summed E-state index contributed by atoms with van der Waals surface area (Å²) in [5.74, 6) is -1.66. The number of hydrogen-bond acceptors (Lipinski definition) is 5. The van der Waals surface area contributed by atoms with Crippen molar-refractivity contribution in [3.63, 3.8) is 0 Å². The Bertz CT molecular complexity index is 2430. The van der Waals surface area contributed by atoms with Crippen LogP contribution in [0.3, 0.4) is 0 Å². The van der Waals surface area contributed by atoms with Crippen LogP contribution in [0.1, 0.15) is 84.1 Å². The first-order chi connectivity index (χ1) is 29.0.